The van der Waals surface area contributed by atoms with Gasteiger partial charge in [-0.3, -0.25) is 4.79 Å². The van der Waals surface area contributed by atoms with Gasteiger partial charge in [0.05, 0.1) is 14.2 Å². The van der Waals surface area contributed by atoms with Crippen LogP contribution in [0.4, 0.5) is 0 Å². The predicted octanol–water partition coefficient (Wildman–Crippen LogP) is 1.36. The second-order valence-electron chi connectivity index (χ2n) is 3.62. The summed E-state index contributed by atoms with van der Waals surface area (Å²) in [6, 6.07) is 2.69. The molecule has 1 unspecified atom stereocenters. The van der Waals surface area contributed by atoms with Crippen LogP contribution in [0.1, 0.15) is 17.2 Å². The number of hydrogen-bond acceptors (Lipinski definition) is 4. The zero-order chi connectivity index (χ0) is 13.0. The summed E-state index contributed by atoms with van der Waals surface area (Å²) in [6.07, 6.45) is 0. The molecule has 0 saturated heterocycles. The number of nitrogens with one attached hydrogen (secondary N) is 1. The Bertz CT molecular complexity index is 417. The molecule has 1 aromatic carbocycles. The molecule has 0 aliphatic heterocycles. The minimum absolute atomic E-state index is 0.523. The van der Waals surface area contributed by atoms with Crippen LogP contribution >= 0.6 is 0 Å². The molecule has 0 fully saturated rings. The highest BCUT2D eigenvalue weighted by Crippen LogP contribution is 2.32. The van der Waals surface area contributed by atoms with E-state index in [4.69, 9.17) is 14.6 Å². The summed E-state index contributed by atoms with van der Waals surface area (Å²) < 4.78 is 10.3. The van der Waals surface area contributed by atoms with Gasteiger partial charge in [0.1, 0.15) is 6.04 Å². The lowest BCUT2D eigenvalue weighted by atomic mass is 10.0. The molecular formula is C12H17NO4. The average molecular weight is 239 g/mol. The van der Waals surface area contributed by atoms with E-state index in [1.807, 2.05) is 6.92 Å². The normalized spacial score (nSPS) is 12.0. The third-order valence-electron chi connectivity index (χ3n) is 2.62. The number of carbonyl (C=O) groups is 1. The molecule has 1 rings (SSSR count). The van der Waals surface area contributed by atoms with Crippen molar-refractivity contribution in [3.63, 3.8) is 0 Å². The highest BCUT2D eigenvalue weighted by atomic mass is 16.5. The van der Waals surface area contributed by atoms with Gasteiger partial charge in [0.25, 0.3) is 0 Å². The lowest BCUT2D eigenvalue weighted by molar-refractivity contribution is -0.139. The molecular weight excluding hydrogens is 222 g/mol. The second-order valence-corrected chi connectivity index (χ2v) is 3.62. The highest BCUT2D eigenvalue weighted by molar-refractivity contribution is 5.76. The van der Waals surface area contributed by atoms with Crippen molar-refractivity contribution in [3.8, 4) is 11.5 Å². The Labute approximate surface area is 100 Å². The van der Waals surface area contributed by atoms with E-state index in [0.29, 0.717) is 17.1 Å². The van der Waals surface area contributed by atoms with E-state index in [2.05, 4.69) is 5.32 Å². The fraction of sp³-hybridized carbons (Fsp3) is 0.417. The van der Waals surface area contributed by atoms with Crippen LogP contribution in [0.2, 0.25) is 0 Å². The van der Waals surface area contributed by atoms with Crippen LogP contribution in [0.5, 0.6) is 11.5 Å². The molecule has 2 N–H and O–H groups in total. The van der Waals surface area contributed by atoms with Crippen molar-refractivity contribution in [3.05, 3.63) is 23.3 Å². The van der Waals surface area contributed by atoms with Crippen molar-refractivity contribution in [1.29, 1.82) is 0 Å². The lowest BCUT2D eigenvalue weighted by Crippen LogP contribution is -2.25. The Kier molecular flexibility index (Phi) is 4.34. The van der Waals surface area contributed by atoms with E-state index >= 15 is 0 Å². The first-order valence-electron chi connectivity index (χ1n) is 5.17. The van der Waals surface area contributed by atoms with Crippen LogP contribution < -0.4 is 14.8 Å². The molecule has 0 saturated carbocycles. The van der Waals surface area contributed by atoms with Gasteiger partial charge in [0.15, 0.2) is 11.5 Å². The SMILES string of the molecule is CNC(C(=O)O)c1cc(OC)c(OC)cc1C. The molecule has 0 aliphatic rings. The van der Waals surface area contributed by atoms with E-state index in [9.17, 15) is 4.79 Å². The molecule has 94 valence electrons. The van der Waals surface area contributed by atoms with Gasteiger partial charge in [-0.15, -0.1) is 0 Å². The standard InChI is InChI=1S/C12H17NO4/c1-7-5-9(16-3)10(17-4)6-8(7)11(13-2)12(14)15/h5-6,11,13H,1-4H3,(H,14,15). The summed E-state index contributed by atoms with van der Waals surface area (Å²) in [5.74, 6) is 0.186. The van der Waals surface area contributed by atoms with Crippen LogP contribution in [0.3, 0.4) is 0 Å². The van der Waals surface area contributed by atoms with Gasteiger partial charge < -0.3 is 19.9 Å². The number of ether oxygens (including phenoxy) is 2. The number of hydrogen-bond donors (Lipinski definition) is 2. The number of methoxy groups -OCH3 is 2. The Balaban J connectivity index is 3.29. The first kappa shape index (κ1) is 13.3. The molecule has 1 aromatic rings. The Morgan fingerprint density at radius 1 is 1.29 bits per heavy atom. The summed E-state index contributed by atoms with van der Waals surface area (Å²) in [4.78, 5) is 11.1. The zero-order valence-corrected chi connectivity index (χ0v) is 10.4. The topological polar surface area (TPSA) is 67.8 Å². The monoisotopic (exact) mass is 239 g/mol. The fourth-order valence-corrected chi connectivity index (χ4v) is 1.72. The van der Waals surface area contributed by atoms with Crippen molar-refractivity contribution in [2.24, 2.45) is 0 Å². The van der Waals surface area contributed by atoms with Gasteiger partial charge in [-0.05, 0) is 37.2 Å². The van der Waals surface area contributed by atoms with Crippen LogP contribution in [0, 0.1) is 6.92 Å². The number of benzene rings is 1. The van der Waals surface area contributed by atoms with E-state index in [1.54, 1.807) is 26.3 Å². The molecule has 0 aliphatic carbocycles. The number of likely N-dealkylation sites (N-methyl/N-ethyl adjacent to an activating group) is 1. The molecule has 5 heteroatoms. The lowest BCUT2D eigenvalue weighted by Gasteiger charge is -2.17. The molecule has 0 spiro atoms. The molecule has 0 radical (unpaired) electrons. The van der Waals surface area contributed by atoms with Crippen molar-refractivity contribution >= 4 is 5.97 Å². The van der Waals surface area contributed by atoms with Crippen LogP contribution in [-0.2, 0) is 4.79 Å². The van der Waals surface area contributed by atoms with Crippen molar-refractivity contribution in [2.75, 3.05) is 21.3 Å². The van der Waals surface area contributed by atoms with Crippen LogP contribution in [0.15, 0.2) is 12.1 Å². The van der Waals surface area contributed by atoms with Gasteiger partial charge >= 0.3 is 5.97 Å². The maximum absolute atomic E-state index is 11.1. The van der Waals surface area contributed by atoms with Crippen molar-refractivity contribution < 1.29 is 19.4 Å². The number of carboxylic acids is 1. The molecule has 0 bridgehead atoms. The number of aryl methyl sites for hydroxylation is 1. The largest absolute Gasteiger partial charge is 0.493 e. The third-order valence-corrected chi connectivity index (χ3v) is 2.62. The van der Waals surface area contributed by atoms with E-state index in [-0.39, 0.29) is 0 Å². The van der Waals surface area contributed by atoms with E-state index < -0.39 is 12.0 Å². The highest BCUT2D eigenvalue weighted by Gasteiger charge is 2.21. The quantitative estimate of drug-likeness (QED) is 0.812. The van der Waals surface area contributed by atoms with E-state index in [0.717, 1.165) is 5.56 Å². The number of rotatable bonds is 5. The zero-order valence-electron chi connectivity index (χ0n) is 10.4. The first-order valence-corrected chi connectivity index (χ1v) is 5.17. The maximum Gasteiger partial charge on any atom is 0.325 e. The Morgan fingerprint density at radius 2 is 1.82 bits per heavy atom. The number of aliphatic carboxylic acids is 1. The van der Waals surface area contributed by atoms with Gasteiger partial charge in [-0.1, -0.05) is 0 Å². The van der Waals surface area contributed by atoms with Crippen LogP contribution in [-0.4, -0.2) is 32.3 Å². The average Bonchev–Trinajstić information content (AvgIpc) is 2.31. The summed E-state index contributed by atoms with van der Waals surface area (Å²) in [5.41, 5.74) is 1.50. The second kappa shape index (κ2) is 5.54. The molecule has 0 heterocycles. The van der Waals surface area contributed by atoms with Gasteiger partial charge in [-0.2, -0.15) is 0 Å². The summed E-state index contributed by atoms with van der Waals surface area (Å²) in [7, 11) is 4.67. The van der Waals surface area contributed by atoms with Crippen LogP contribution in [0.25, 0.3) is 0 Å². The summed E-state index contributed by atoms with van der Waals surface area (Å²) in [6.45, 7) is 1.84. The Morgan fingerprint density at radius 3 is 2.24 bits per heavy atom. The number of carboxylic acid groups (broad SMARTS) is 1. The van der Waals surface area contributed by atoms with Crippen molar-refractivity contribution in [1.82, 2.24) is 5.32 Å². The first-order chi connectivity index (χ1) is 8.04. The summed E-state index contributed by atoms with van der Waals surface area (Å²) in [5, 5.41) is 11.9. The fourth-order valence-electron chi connectivity index (χ4n) is 1.72. The molecule has 5 nitrogen and oxygen atoms in total. The predicted molar refractivity (Wildman–Crippen MR) is 63.7 cm³/mol. The third kappa shape index (κ3) is 2.68. The molecule has 17 heavy (non-hydrogen) atoms. The smallest absolute Gasteiger partial charge is 0.325 e. The minimum atomic E-state index is -0.928. The molecule has 1 atom stereocenters. The Hall–Kier alpha value is -1.75. The maximum atomic E-state index is 11.1. The summed E-state index contributed by atoms with van der Waals surface area (Å²) >= 11 is 0. The minimum Gasteiger partial charge on any atom is -0.493 e. The van der Waals surface area contributed by atoms with E-state index in [1.165, 1.54) is 7.11 Å². The van der Waals surface area contributed by atoms with Gasteiger partial charge in [-0.25, -0.2) is 0 Å². The molecule has 0 aromatic heterocycles. The van der Waals surface area contributed by atoms with Crippen molar-refractivity contribution in [2.45, 2.75) is 13.0 Å². The molecule has 0 amide bonds. The van der Waals surface area contributed by atoms with Gasteiger partial charge in [0, 0.05) is 0 Å². The van der Waals surface area contributed by atoms with Gasteiger partial charge in [0.2, 0.25) is 0 Å².